The van der Waals surface area contributed by atoms with Crippen LogP contribution < -0.4 is 44.9 Å². The number of hydrogen-bond acceptors (Lipinski definition) is 15. The maximum atomic E-state index is 11.5. The summed E-state index contributed by atoms with van der Waals surface area (Å²) in [5.41, 5.74) is 10.7. The highest BCUT2D eigenvalue weighted by atomic mass is 16.2. The third-order valence-corrected chi connectivity index (χ3v) is 15.2. The lowest BCUT2D eigenvalue weighted by Gasteiger charge is -1.99. The van der Waals surface area contributed by atoms with Crippen LogP contribution in [0.25, 0.3) is 44.7 Å². The molecule has 0 atom stereocenters. The summed E-state index contributed by atoms with van der Waals surface area (Å²) in [7, 11) is 13.8. The predicted octanol–water partition coefficient (Wildman–Crippen LogP) is 3.34. The minimum Gasteiger partial charge on any atom is -0.317 e. The van der Waals surface area contributed by atoms with E-state index in [4.69, 9.17) is 0 Å². The van der Waals surface area contributed by atoms with Crippen LogP contribution in [0.3, 0.4) is 0 Å². The van der Waals surface area contributed by atoms with Crippen LogP contribution >= 0.6 is 0 Å². The Morgan fingerprint density at radius 3 is 1.54 bits per heavy atom. The lowest BCUT2D eigenvalue weighted by atomic mass is 10.4. The van der Waals surface area contributed by atoms with E-state index in [-0.39, 0.29) is 44.9 Å². The Hall–Kier alpha value is -12.6. The lowest BCUT2D eigenvalue weighted by molar-refractivity contribution is 0.739. The van der Waals surface area contributed by atoms with Gasteiger partial charge in [-0.15, -0.1) is 5.10 Å². The van der Waals surface area contributed by atoms with Gasteiger partial charge in [-0.05, 0) is 97.4 Å². The van der Waals surface area contributed by atoms with Crippen molar-refractivity contribution in [2.24, 2.45) is 56.4 Å². The van der Waals surface area contributed by atoms with Crippen LogP contribution in [0.2, 0.25) is 0 Å². The second-order valence-corrected chi connectivity index (χ2v) is 22.6. The minimum atomic E-state index is -0.173. The van der Waals surface area contributed by atoms with E-state index in [1.165, 1.54) is 40.7 Å². The molecule has 0 aromatic carbocycles. The fraction of sp³-hybridized carbons (Fsp3) is 0.246. The maximum Gasteiger partial charge on any atom is 0.350 e. The molecule has 0 amide bonds. The molecule has 0 saturated carbocycles. The van der Waals surface area contributed by atoms with Gasteiger partial charge < -0.3 is 49.7 Å². The molecule has 0 bridgehead atoms. The normalized spacial score (nSPS) is 10.8. The molecular formula is C65H73N23O8. The summed E-state index contributed by atoms with van der Waals surface area (Å²) in [4.78, 5) is 116. The van der Waals surface area contributed by atoms with Gasteiger partial charge in [-0.1, -0.05) is 0 Å². The van der Waals surface area contributed by atoms with E-state index in [0.29, 0.717) is 33.9 Å². The first-order valence-electron chi connectivity index (χ1n) is 29.7. The minimum absolute atomic E-state index is 0.0156. The van der Waals surface area contributed by atoms with Gasteiger partial charge in [0.05, 0.1) is 28.8 Å². The van der Waals surface area contributed by atoms with E-state index in [1.807, 2.05) is 131 Å². The molecule has 16 aromatic heterocycles. The monoisotopic (exact) mass is 1300 g/mol. The maximum absolute atomic E-state index is 11.5. The SMILES string of the molecule is Cc1cc2c(=O)n(C)ccn2c1.Cc1ccc2c(=O)n(C)ccn12.Cc1cn2c(=O)n(C)ccc2n1.Cc1cn2ccn(C)c(=O)c2n1.Cc1cnc2c(=O)n(C)ccn12.Cc1nc2ccn(C)c(=O)n2n1.Cc1ncc2c(=O)n(C)ccn12.Cc1ncn2c(=O)n(C)ccc12. The summed E-state index contributed by atoms with van der Waals surface area (Å²) < 4.78 is 25.6. The van der Waals surface area contributed by atoms with Crippen LogP contribution in [0.1, 0.15) is 45.7 Å². The van der Waals surface area contributed by atoms with Gasteiger partial charge in [-0.2, -0.15) is 4.52 Å². The van der Waals surface area contributed by atoms with Crippen molar-refractivity contribution in [2.75, 3.05) is 0 Å². The molecule has 31 nitrogen and oxygen atoms in total. The molecule has 16 heterocycles. The standard InChI is InChI=1S/2C9H10N2O.5C8H9N3O.C7H8N4O/c1-7-5-8-9(12)10(2)3-4-11(8)6-7;1-7-3-4-8-9(12)10(2)5-6-11(7)8;1-6-9-5-7-8(12)10(2)3-4-11(6)7;1-6-7-3-4-10(2)8(12)11(7)5-9-6;1-6-5-11-4-3-10(2)8(12)7(11)9-6;1-6-5-9-7-8(12)10(2)3-4-11(6)7;1-6-5-11-7(9-6)3-4-10(2)8(11)12;1-5-8-6-3-4-10(2)7(12)11(6)9-5/h2*3-6H,1-2H3;5*3-5H,1-2H3;3-4H,1-2H3. The Kier molecular flexibility index (Phi) is 19.9. The van der Waals surface area contributed by atoms with Gasteiger partial charge in [0.1, 0.15) is 40.2 Å². The zero-order valence-corrected chi connectivity index (χ0v) is 56.0. The van der Waals surface area contributed by atoms with Crippen molar-refractivity contribution in [3.63, 3.8) is 0 Å². The Morgan fingerprint density at radius 1 is 0.344 bits per heavy atom. The second kappa shape index (κ2) is 28.1. The molecule has 0 aliphatic rings. The van der Waals surface area contributed by atoms with Crippen LogP contribution in [-0.2, 0) is 56.4 Å². The van der Waals surface area contributed by atoms with Crippen LogP contribution in [0.4, 0.5) is 0 Å². The van der Waals surface area contributed by atoms with Crippen LogP contribution in [0, 0.1) is 55.4 Å². The van der Waals surface area contributed by atoms with Crippen molar-refractivity contribution < 1.29 is 0 Å². The van der Waals surface area contributed by atoms with Crippen molar-refractivity contribution in [1.82, 2.24) is 107 Å². The molecule has 0 radical (unpaired) electrons. The van der Waals surface area contributed by atoms with E-state index in [1.54, 1.807) is 166 Å². The molecule has 0 fully saturated rings. The van der Waals surface area contributed by atoms with Crippen molar-refractivity contribution in [3.05, 3.63) is 283 Å². The molecule has 0 unspecified atom stereocenters. The molecule has 496 valence electrons. The summed E-state index contributed by atoms with van der Waals surface area (Å²) in [6.07, 6.45) is 33.4. The number of fused-ring (bicyclic) bond motifs is 8. The highest BCUT2D eigenvalue weighted by molar-refractivity contribution is 5.51. The average Bonchev–Trinajstić information content (AvgIpc) is 1.70. The van der Waals surface area contributed by atoms with Gasteiger partial charge in [0.15, 0.2) is 5.65 Å². The van der Waals surface area contributed by atoms with Gasteiger partial charge in [0.2, 0.25) is 11.3 Å². The van der Waals surface area contributed by atoms with Gasteiger partial charge in [-0.3, -0.25) is 41.6 Å². The smallest absolute Gasteiger partial charge is 0.317 e. The summed E-state index contributed by atoms with van der Waals surface area (Å²) in [5, 5.41) is 3.95. The number of aromatic nitrogens is 23. The molecular weight excluding hydrogens is 1230 g/mol. The molecule has 0 N–H and O–H groups in total. The molecule has 96 heavy (non-hydrogen) atoms. The molecule has 16 aromatic rings. The van der Waals surface area contributed by atoms with Gasteiger partial charge in [-0.25, -0.2) is 44.3 Å². The number of rotatable bonds is 0. The van der Waals surface area contributed by atoms with E-state index in [9.17, 15) is 38.4 Å². The number of hydrogen-bond donors (Lipinski definition) is 0. The summed E-state index contributed by atoms with van der Waals surface area (Å²) in [6, 6.07) is 11.1. The highest BCUT2D eigenvalue weighted by Gasteiger charge is 2.08. The summed E-state index contributed by atoms with van der Waals surface area (Å²) in [5.74, 6) is 1.45. The summed E-state index contributed by atoms with van der Waals surface area (Å²) >= 11 is 0. The van der Waals surface area contributed by atoms with Crippen molar-refractivity contribution in [2.45, 2.75) is 55.4 Å². The first-order chi connectivity index (χ1) is 45.5. The lowest BCUT2D eigenvalue weighted by Crippen LogP contribution is -2.24. The quantitative estimate of drug-likeness (QED) is 0.210. The zero-order valence-electron chi connectivity index (χ0n) is 56.0. The van der Waals surface area contributed by atoms with E-state index >= 15 is 0 Å². The van der Waals surface area contributed by atoms with Gasteiger partial charge >= 0.3 is 17.1 Å². The largest absolute Gasteiger partial charge is 0.350 e. The Balaban J connectivity index is 0.000000129. The third-order valence-electron chi connectivity index (χ3n) is 15.2. The van der Waals surface area contributed by atoms with Crippen LogP contribution in [0.5, 0.6) is 0 Å². The predicted molar refractivity (Wildman–Crippen MR) is 364 cm³/mol. The van der Waals surface area contributed by atoms with Crippen LogP contribution in [-0.4, -0.2) is 107 Å². The van der Waals surface area contributed by atoms with E-state index < -0.39 is 0 Å². The van der Waals surface area contributed by atoms with Gasteiger partial charge in [0, 0.05) is 173 Å². The molecule has 0 aliphatic heterocycles. The van der Waals surface area contributed by atoms with E-state index in [0.717, 1.165) is 56.4 Å². The van der Waals surface area contributed by atoms with Crippen LogP contribution in [0.15, 0.2) is 193 Å². The second-order valence-electron chi connectivity index (χ2n) is 22.6. The molecule has 0 aliphatic carbocycles. The van der Waals surface area contributed by atoms with Crippen molar-refractivity contribution >= 4 is 44.7 Å². The number of aryl methyl sites for hydroxylation is 16. The first-order valence-corrected chi connectivity index (χ1v) is 29.7. The Labute approximate surface area is 544 Å². The average molecular weight is 1300 g/mol. The van der Waals surface area contributed by atoms with E-state index in [2.05, 4.69) is 35.0 Å². The highest BCUT2D eigenvalue weighted by Crippen LogP contribution is 2.07. The molecule has 0 spiro atoms. The summed E-state index contributed by atoms with van der Waals surface area (Å²) in [6.45, 7) is 15.1. The molecule has 16 rings (SSSR count). The Morgan fingerprint density at radius 2 is 0.875 bits per heavy atom. The molecule has 31 heteroatoms. The van der Waals surface area contributed by atoms with Gasteiger partial charge in [0.25, 0.3) is 27.8 Å². The number of imidazole rings is 5. The number of nitrogens with zero attached hydrogens (tertiary/aromatic N) is 23. The fourth-order valence-corrected chi connectivity index (χ4v) is 9.74. The Bertz CT molecular complexity index is 5220. The van der Waals surface area contributed by atoms with Crippen molar-refractivity contribution in [1.29, 1.82) is 0 Å². The molecule has 0 saturated heterocycles. The fourth-order valence-electron chi connectivity index (χ4n) is 9.74. The third kappa shape index (κ3) is 14.4. The van der Waals surface area contributed by atoms with Crippen molar-refractivity contribution in [3.8, 4) is 0 Å². The zero-order chi connectivity index (χ0) is 69.7. The first kappa shape index (κ1) is 67.8. The topological polar surface area (TPSA) is 302 Å².